The SMILES string of the molecule is Cc1ccc(C(O)=CC(=O)C(=O)OCCC2CC2)cc1. The van der Waals surface area contributed by atoms with Gasteiger partial charge in [-0.15, -0.1) is 0 Å². The largest absolute Gasteiger partial charge is 0.507 e. The number of aliphatic hydroxyl groups excluding tert-OH is 1. The molecule has 1 N–H and O–H groups in total. The third-order valence-electron chi connectivity index (χ3n) is 3.27. The lowest BCUT2D eigenvalue weighted by Crippen LogP contribution is -2.16. The smallest absolute Gasteiger partial charge is 0.379 e. The van der Waals surface area contributed by atoms with E-state index in [9.17, 15) is 14.7 Å². The molecule has 1 saturated carbocycles. The lowest BCUT2D eigenvalue weighted by Gasteiger charge is -2.02. The van der Waals surface area contributed by atoms with Gasteiger partial charge in [-0.1, -0.05) is 42.7 Å². The number of hydrogen-bond acceptors (Lipinski definition) is 4. The Bertz CT molecular complexity index is 524. The van der Waals surface area contributed by atoms with Crippen molar-refractivity contribution in [3.8, 4) is 0 Å². The maximum Gasteiger partial charge on any atom is 0.379 e. The lowest BCUT2D eigenvalue weighted by molar-refractivity contribution is -0.151. The van der Waals surface area contributed by atoms with Gasteiger partial charge in [-0.3, -0.25) is 4.79 Å². The Morgan fingerprint density at radius 3 is 2.55 bits per heavy atom. The highest BCUT2D eigenvalue weighted by molar-refractivity contribution is 6.39. The van der Waals surface area contributed by atoms with Crippen molar-refractivity contribution in [1.82, 2.24) is 0 Å². The van der Waals surface area contributed by atoms with Gasteiger partial charge in [-0.25, -0.2) is 4.79 Å². The van der Waals surface area contributed by atoms with E-state index in [0.29, 0.717) is 11.5 Å². The van der Waals surface area contributed by atoms with E-state index < -0.39 is 11.8 Å². The summed E-state index contributed by atoms with van der Waals surface area (Å²) in [5, 5.41) is 9.79. The van der Waals surface area contributed by atoms with Gasteiger partial charge in [-0.05, 0) is 19.3 Å². The Kier molecular flexibility index (Phi) is 4.56. The highest BCUT2D eigenvalue weighted by atomic mass is 16.5. The van der Waals surface area contributed by atoms with Gasteiger partial charge in [0.25, 0.3) is 5.78 Å². The zero-order valence-electron chi connectivity index (χ0n) is 11.5. The predicted molar refractivity (Wildman–Crippen MR) is 75.1 cm³/mol. The number of carbonyl (C=O) groups is 2. The quantitative estimate of drug-likeness (QED) is 0.375. The van der Waals surface area contributed by atoms with Crippen LogP contribution < -0.4 is 0 Å². The molecule has 4 heteroatoms. The molecule has 106 valence electrons. The van der Waals surface area contributed by atoms with Crippen LogP contribution in [0.25, 0.3) is 5.76 Å². The van der Waals surface area contributed by atoms with Crippen LogP contribution in [0.1, 0.15) is 30.4 Å². The fraction of sp³-hybridized carbons (Fsp3) is 0.375. The fourth-order valence-corrected chi connectivity index (χ4v) is 1.79. The van der Waals surface area contributed by atoms with Crippen molar-refractivity contribution < 1.29 is 19.4 Å². The second-order valence-corrected chi connectivity index (χ2v) is 5.13. The Morgan fingerprint density at radius 1 is 1.30 bits per heavy atom. The Hall–Kier alpha value is -2.10. The number of ketones is 1. The van der Waals surface area contributed by atoms with E-state index in [-0.39, 0.29) is 12.4 Å². The lowest BCUT2D eigenvalue weighted by atomic mass is 10.1. The minimum absolute atomic E-state index is 0.228. The van der Waals surface area contributed by atoms with Crippen molar-refractivity contribution in [2.24, 2.45) is 5.92 Å². The number of benzene rings is 1. The van der Waals surface area contributed by atoms with Crippen LogP contribution >= 0.6 is 0 Å². The van der Waals surface area contributed by atoms with Gasteiger partial charge in [0.1, 0.15) is 5.76 Å². The first kappa shape index (κ1) is 14.3. The summed E-state index contributed by atoms with van der Waals surface area (Å²) >= 11 is 0. The summed E-state index contributed by atoms with van der Waals surface area (Å²) in [5.74, 6) is -1.33. The van der Waals surface area contributed by atoms with E-state index in [4.69, 9.17) is 4.74 Å². The number of carbonyl (C=O) groups excluding carboxylic acids is 2. The Morgan fingerprint density at radius 2 is 1.95 bits per heavy atom. The fourth-order valence-electron chi connectivity index (χ4n) is 1.79. The number of aryl methyl sites for hydroxylation is 1. The van der Waals surface area contributed by atoms with Crippen LogP contribution in [0.2, 0.25) is 0 Å². The normalized spacial score (nSPS) is 14.9. The van der Waals surface area contributed by atoms with Crippen molar-refractivity contribution in [1.29, 1.82) is 0 Å². The van der Waals surface area contributed by atoms with Gasteiger partial charge in [0, 0.05) is 11.6 Å². The average molecular weight is 274 g/mol. The molecule has 0 amide bonds. The molecule has 1 fully saturated rings. The van der Waals surface area contributed by atoms with Crippen LogP contribution in [0.3, 0.4) is 0 Å². The van der Waals surface area contributed by atoms with Crippen LogP contribution in [0.5, 0.6) is 0 Å². The molecule has 0 spiro atoms. The van der Waals surface area contributed by atoms with Gasteiger partial charge >= 0.3 is 5.97 Å². The van der Waals surface area contributed by atoms with E-state index >= 15 is 0 Å². The van der Waals surface area contributed by atoms with E-state index in [1.54, 1.807) is 12.1 Å². The summed E-state index contributed by atoms with van der Waals surface area (Å²) in [5.41, 5.74) is 1.54. The van der Waals surface area contributed by atoms with Gasteiger partial charge in [-0.2, -0.15) is 0 Å². The van der Waals surface area contributed by atoms with Gasteiger partial charge in [0.05, 0.1) is 6.61 Å². The molecule has 0 radical (unpaired) electrons. The van der Waals surface area contributed by atoms with Crippen LogP contribution in [-0.4, -0.2) is 23.5 Å². The van der Waals surface area contributed by atoms with Crippen molar-refractivity contribution in [3.05, 3.63) is 41.5 Å². The van der Waals surface area contributed by atoms with Crippen molar-refractivity contribution in [3.63, 3.8) is 0 Å². The molecule has 1 aliphatic rings. The topological polar surface area (TPSA) is 63.6 Å². The summed E-state index contributed by atoms with van der Waals surface area (Å²) in [6, 6.07) is 7.01. The summed E-state index contributed by atoms with van der Waals surface area (Å²) < 4.78 is 4.87. The zero-order valence-corrected chi connectivity index (χ0v) is 11.5. The maximum absolute atomic E-state index is 11.6. The molecule has 0 heterocycles. The van der Waals surface area contributed by atoms with Crippen molar-refractivity contribution in [2.45, 2.75) is 26.2 Å². The predicted octanol–water partition coefficient (Wildman–Crippen LogP) is 2.81. The average Bonchev–Trinajstić information content (AvgIpc) is 3.23. The first-order valence-corrected chi connectivity index (χ1v) is 6.75. The number of ether oxygens (including phenoxy) is 1. The van der Waals surface area contributed by atoms with Gasteiger partial charge < -0.3 is 9.84 Å². The van der Waals surface area contributed by atoms with E-state index in [1.807, 2.05) is 19.1 Å². The zero-order chi connectivity index (χ0) is 14.5. The second-order valence-electron chi connectivity index (χ2n) is 5.13. The molecule has 1 aromatic carbocycles. The maximum atomic E-state index is 11.6. The van der Waals surface area contributed by atoms with Gasteiger partial charge in [0.15, 0.2) is 0 Å². The third-order valence-corrected chi connectivity index (χ3v) is 3.27. The second kappa shape index (κ2) is 6.37. The van der Waals surface area contributed by atoms with Crippen LogP contribution in [0.15, 0.2) is 30.3 Å². The minimum atomic E-state index is -0.913. The molecule has 1 aliphatic carbocycles. The van der Waals surface area contributed by atoms with E-state index in [2.05, 4.69) is 0 Å². The highest BCUT2D eigenvalue weighted by Crippen LogP contribution is 2.32. The summed E-state index contributed by atoms with van der Waals surface area (Å²) in [6.45, 7) is 2.20. The minimum Gasteiger partial charge on any atom is -0.507 e. The van der Waals surface area contributed by atoms with Crippen LogP contribution in [0.4, 0.5) is 0 Å². The van der Waals surface area contributed by atoms with Crippen LogP contribution in [0, 0.1) is 12.8 Å². The van der Waals surface area contributed by atoms with Crippen LogP contribution in [-0.2, 0) is 14.3 Å². The molecule has 1 aromatic rings. The summed E-state index contributed by atoms with van der Waals surface area (Å²) in [4.78, 5) is 23.0. The molecular formula is C16H18O4. The molecule has 0 atom stereocenters. The molecule has 2 rings (SSSR count). The molecule has 4 nitrogen and oxygen atoms in total. The number of hydrogen-bond donors (Lipinski definition) is 1. The Labute approximate surface area is 118 Å². The molecule has 0 aliphatic heterocycles. The van der Waals surface area contributed by atoms with E-state index in [1.165, 1.54) is 12.8 Å². The van der Waals surface area contributed by atoms with E-state index in [0.717, 1.165) is 18.1 Å². The molecular weight excluding hydrogens is 256 g/mol. The van der Waals surface area contributed by atoms with Gasteiger partial charge in [0.2, 0.25) is 0 Å². The summed E-state index contributed by atoms with van der Waals surface area (Å²) in [7, 11) is 0. The third kappa shape index (κ3) is 4.23. The summed E-state index contributed by atoms with van der Waals surface area (Å²) in [6.07, 6.45) is 4.08. The Balaban J connectivity index is 1.88. The van der Waals surface area contributed by atoms with Crippen molar-refractivity contribution in [2.75, 3.05) is 6.61 Å². The molecule has 0 unspecified atom stereocenters. The van der Waals surface area contributed by atoms with Crippen molar-refractivity contribution >= 4 is 17.5 Å². The first-order chi connectivity index (χ1) is 9.56. The molecule has 20 heavy (non-hydrogen) atoms. The monoisotopic (exact) mass is 274 g/mol. The first-order valence-electron chi connectivity index (χ1n) is 6.75. The number of rotatable bonds is 6. The number of esters is 1. The highest BCUT2D eigenvalue weighted by Gasteiger charge is 2.22. The molecule has 0 saturated heterocycles. The number of aliphatic hydroxyl groups is 1. The molecule has 0 bridgehead atoms. The molecule has 0 aromatic heterocycles. The standard InChI is InChI=1S/C16H18O4/c1-11-2-6-13(7-3-11)14(17)10-15(18)16(19)20-9-8-12-4-5-12/h2-3,6-7,10,12,17H,4-5,8-9H2,1H3.